The molecule has 0 aliphatic rings. The maximum absolute atomic E-state index is 8.90. The number of likely N-dealkylation sites (N-methyl/N-ethyl adjacent to an activating group) is 1. The molecule has 0 aromatic heterocycles. The van der Waals surface area contributed by atoms with E-state index >= 15 is 0 Å². The zero-order valence-corrected chi connectivity index (χ0v) is 21.2. The smallest absolute Gasteiger partial charge is 0.0558 e. The summed E-state index contributed by atoms with van der Waals surface area (Å²) in [4.78, 5) is 6.58. The van der Waals surface area contributed by atoms with E-state index < -0.39 is 0 Å². The van der Waals surface area contributed by atoms with Gasteiger partial charge < -0.3 is 25.3 Å². The molecule has 0 radical (unpaired) electrons. The predicted molar refractivity (Wildman–Crippen MR) is 130 cm³/mol. The van der Waals surface area contributed by atoms with Gasteiger partial charge in [-0.15, -0.1) is 11.6 Å². The summed E-state index contributed by atoms with van der Waals surface area (Å²) in [6, 6.07) is 0. The maximum atomic E-state index is 8.90. The van der Waals surface area contributed by atoms with Crippen LogP contribution in [0.1, 0.15) is 52.4 Å². The summed E-state index contributed by atoms with van der Waals surface area (Å²) in [5.74, 6) is 0.729. The van der Waals surface area contributed by atoms with Crippen molar-refractivity contribution in [1.29, 1.82) is 0 Å². The molecule has 0 spiro atoms. The topological polar surface area (TPSA) is 62.2 Å². The van der Waals surface area contributed by atoms with Gasteiger partial charge in [0.1, 0.15) is 0 Å². The fourth-order valence-corrected chi connectivity index (χ4v) is 2.61. The molecule has 0 atom stereocenters. The lowest BCUT2D eigenvalue weighted by Gasteiger charge is -2.22. The van der Waals surface area contributed by atoms with Gasteiger partial charge >= 0.3 is 0 Å². The normalized spacial score (nSPS) is 10.8. The highest BCUT2D eigenvalue weighted by atomic mass is 35.5. The standard InChI is InChI=1S/C11H26N2O.C7H17NO.C4H10ClN/c1-4-5-6-7-13(10-11-14)9-8-12(2)3;1-2-3-4-5-8-6-7-9;1-6(2)4-3-5/h14H,4-11H2,1-3H3;8-9H,2-7H2,1H3;3-4H2,1-2H3. The van der Waals surface area contributed by atoms with Gasteiger partial charge in [0.15, 0.2) is 0 Å². The Morgan fingerprint density at radius 2 is 1.24 bits per heavy atom. The quantitative estimate of drug-likeness (QED) is 0.238. The first-order chi connectivity index (χ1) is 13.9. The van der Waals surface area contributed by atoms with Gasteiger partial charge in [0.05, 0.1) is 13.2 Å². The fourth-order valence-electron chi connectivity index (χ4n) is 2.28. The van der Waals surface area contributed by atoms with Crippen molar-refractivity contribution in [3.8, 4) is 0 Å². The van der Waals surface area contributed by atoms with E-state index in [0.29, 0.717) is 0 Å². The van der Waals surface area contributed by atoms with Crippen LogP contribution < -0.4 is 5.32 Å². The monoisotopic (exact) mass is 440 g/mol. The van der Waals surface area contributed by atoms with Crippen LogP contribution >= 0.6 is 11.6 Å². The van der Waals surface area contributed by atoms with Crippen molar-refractivity contribution in [2.75, 3.05) is 93.1 Å². The Balaban J connectivity index is -0.000000386. The highest BCUT2D eigenvalue weighted by molar-refractivity contribution is 6.18. The SMILES string of the molecule is CCCCCN(CCO)CCN(C)C.CCCCCNCCO.CN(C)CCCl. The fraction of sp³-hybridized carbons (Fsp3) is 1.00. The van der Waals surface area contributed by atoms with Crippen LogP contribution in [0.25, 0.3) is 0 Å². The number of aliphatic hydroxyl groups is 2. The van der Waals surface area contributed by atoms with E-state index in [1.807, 2.05) is 19.0 Å². The second-order valence-corrected chi connectivity index (χ2v) is 8.13. The van der Waals surface area contributed by atoms with Crippen molar-refractivity contribution >= 4 is 11.6 Å². The highest BCUT2D eigenvalue weighted by Gasteiger charge is 2.03. The maximum Gasteiger partial charge on any atom is 0.0558 e. The summed E-state index contributed by atoms with van der Waals surface area (Å²) in [5, 5.41) is 20.4. The number of hydrogen-bond acceptors (Lipinski definition) is 6. The van der Waals surface area contributed by atoms with Gasteiger partial charge in [-0.05, 0) is 54.1 Å². The summed E-state index contributed by atoms with van der Waals surface area (Å²) < 4.78 is 0. The molecule has 0 saturated heterocycles. The predicted octanol–water partition coefficient (Wildman–Crippen LogP) is 2.58. The number of nitrogens with one attached hydrogen (secondary N) is 1. The second kappa shape index (κ2) is 30.2. The van der Waals surface area contributed by atoms with Crippen LogP contribution in [0.5, 0.6) is 0 Å². The van der Waals surface area contributed by atoms with Crippen LogP contribution in [-0.2, 0) is 0 Å². The molecule has 0 aromatic carbocycles. The molecule has 0 aliphatic carbocycles. The number of halogens is 1. The van der Waals surface area contributed by atoms with Gasteiger partial charge in [-0.3, -0.25) is 4.90 Å². The Morgan fingerprint density at radius 3 is 1.66 bits per heavy atom. The molecular weight excluding hydrogens is 388 g/mol. The first-order valence-electron chi connectivity index (χ1n) is 11.4. The highest BCUT2D eigenvalue weighted by Crippen LogP contribution is 1.98. The Hall–Kier alpha value is 0.0500. The van der Waals surface area contributed by atoms with Crippen molar-refractivity contribution < 1.29 is 10.2 Å². The molecule has 7 heteroatoms. The summed E-state index contributed by atoms with van der Waals surface area (Å²) in [6.45, 7) is 11.8. The lowest BCUT2D eigenvalue weighted by molar-refractivity contribution is 0.181. The lowest BCUT2D eigenvalue weighted by Crippen LogP contribution is -2.34. The van der Waals surface area contributed by atoms with Crippen molar-refractivity contribution in [3.63, 3.8) is 0 Å². The molecule has 6 nitrogen and oxygen atoms in total. The molecule has 0 unspecified atom stereocenters. The van der Waals surface area contributed by atoms with E-state index in [1.54, 1.807) is 0 Å². The molecule has 0 aliphatic heterocycles. The summed E-state index contributed by atoms with van der Waals surface area (Å²) in [7, 11) is 8.18. The molecule has 0 rings (SSSR count). The van der Waals surface area contributed by atoms with Crippen LogP contribution in [0.15, 0.2) is 0 Å². The molecule has 0 aromatic rings. The largest absolute Gasteiger partial charge is 0.395 e. The van der Waals surface area contributed by atoms with Gasteiger partial charge in [-0.2, -0.15) is 0 Å². The minimum absolute atomic E-state index is 0.256. The van der Waals surface area contributed by atoms with Crippen LogP contribution in [0.2, 0.25) is 0 Å². The summed E-state index contributed by atoms with van der Waals surface area (Å²) >= 11 is 5.35. The van der Waals surface area contributed by atoms with Crippen LogP contribution in [0.4, 0.5) is 0 Å². The third-order valence-corrected chi connectivity index (χ3v) is 4.30. The van der Waals surface area contributed by atoms with Gasteiger partial charge in [0.2, 0.25) is 0 Å². The van der Waals surface area contributed by atoms with Crippen molar-refractivity contribution in [3.05, 3.63) is 0 Å². The number of nitrogens with zero attached hydrogens (tertiary/aromatic N) is 3. The second-order valence-electron chi connectivity index (χ2n) is 7.75. The van der Waals surface area contributed by atoms with E-state index in [9.17, 15) is 0 Å². The summed E-state index contributed by atoms with van der Waals surface area (Å²) in [5.41, 5.74) is 0. The first-order valence-corrected chi connectivity index (χ1v) is 11.9. The van der Waals surface area contributed by atoms with Crippen molar-refractivity contribution in [2.45, 2.75) is 52.4 Å². The molecular formula is C22H53ClN4O2. The van der Waals surface area contributed by atoms with Crippen LogP contribution in [0.3, 0.4) is 0 Å². The zero-order chi connectivity index (χ0) is 22.8. The molecule has 3 N–H and O–H groups in total. The lowest BCUT2D eigenvalue weighted by atomic mass is 10.2. The van der Waals surface area contributed by atoms with E-state index in [0.717, 1.165) is 51.7 Å². The van der Waals surface area contributed by atoms with E-state index in [2.05, 4.69) is 43.1 Å². The Kier molecular flexibility index (Phi) is 35.1. The third kappa shape index (κ3) is 39.1. The van der Waals surface area contributed by atoms with Gasteiger partial charge in [-0.25, -0.2) is 0 Å². The van der Waals surface area contributed by atoms with Gasteiger partial charge in [0.25, 0.3) is 0 Å². The van der Waals surface area contributed by atoms with E-state index in [-0.39, 0.29) is 13.2 Å². The molecule has 0 bridgehead atoms. The Labute approximate surface area is 187 Å². The molecule has 0 amide bonds. The molecule has 0 fully saturated rings. The first kappa shape index (κ1) is 33.7. The number of unbranched alkanes of at least 4 members (excludes halogenated alkanes) is 4. The Morgan fingerprint density at radius 1 is 0.655 bits per heavy atom. The number of hydrogen-bond donors (Lipinski definition) is 3. The average molecular weight is 441 g/mol. The Bertz CT molecular complexity index is 267. The minimum atomic E-state index is 0.256. The average Bonchev–Trinajstić information content (AvgIpc) is 2.67. The molecule has 0 heterocycles. The van der Waals surface area contributed by atoms with Gasteiger partial charge in [-0.1, -0.05) is 39.5 Å². The van der Waals surface area contributed by atoms with Crippen molar-refractivity contribution in [2.24, 2.45) is 0 Å². The number of alkyl halides is 1. The number of aliphatic hydroxyl groups excluding tert-OH is 2. The third-order valence-electron chi connectivity index (χ3n) is 4.13. The number of rotatable bonds is 17. The van der Waals surface area contributed by atoms with Crippen LogP contribution in [-0.4, -0.2) is 118 Å². The molecule has 180 valence electrons. The molecule has 0 saturated carbocycles. The van der Waals surface area contributed by atoms with E-state index in [4.69, 9.17) is 21.8 Å². The van der Waals surface area contributed by atoms with Crippen molar-refractivity contribution in [1.82, 2.24) is 20.0 Å². The van der Waals surface area contributed by atoms with Crippen LogP contribution in [0, 0.1) is 0 Å². The molecule has 29 heavy (non-hydrogen) atoms. The minimum Gasteiger partial charge on any atom is -0.395 e. The van der Waals surface area contributed by atoms with Gasteiger partial charge in [0, 0.05) is 38.6 Å². The zero-order valence-electron chi connectivity index (χ0n) is 20.4. The summed E-state index contributed by atoms with van der Waals surface area (Å²) in [6.07, 6.45) is 7.60. The van der Waals surface area contributed by atoms with E-state index in [1.165, 1.54) is 38.5 Å².